The van der Waals surface area contributed by atoms with Crippen molar-refractivity contribution < 1.29 is 23.8 Å². The number of hydrogen-bond acceptors (Lipinski definition) is 7. The Morgan fingerprint density at radius 3 is 2.33 bits per heavy atom. The summed E-state index contributed by atoms with van der Waals surface area (Å²) in [6, 6.07) is 9.87. The molecule has 0 radical (unpaired) electrons. The molecule has 0 aliphatic carbocycles. The maximum Gasteiger partial charge on any atom is 0.313 e. The van der Waals surface area contributed by atoms with Crippen LogP contribution in [-0.2, 0) is 14.3 Å². The summed E-state index contributed by atoms with van der Waals surface area (Å²) in [6.07, 6.45) is 0.364. The number of ether oxygens (including phenoxy) is 3. The quantitative estimate of drug-likeness (QED) is 0.353. The standard InChI is InChI=1S/C21H18Cl2N2O5/c1-3-28-21(27)10-19(26)12(2)29-13-4-6-14(7-5-13)30-20-11-24-17-8-15(22)16(23)9-18(17)25-20/h4-9,11-12H,3,10H2,1-2H3. The van der Waals surface area contributed by atoms with E-state index < -0.39 is 12.1 Å². The molecule has 0 bridgehead atoms. The molecule has 0 spiro atoms. The first kappa shape index (κ1) is 21.8. The Morgan fingerprint density at radius 2 is 1.67 bits per heavy atom. The maximum atomic E-state index is 12.0. The normalized spacial score (nSPS) is 11.7. The molecule has 2 aromatic carbocycles. The second-order valence-electron chi connectivity index (χ2n) is 6.24. The van der Waals surface area contributed by atoms with Crippen molar-refractivity contribution in [1.29, 1.82) is 0 Å². The van der Waals surface area contributed by atoms with E-state index in [2.05, 4.69) is 9.97 Å². The van der Waals surface area contributed by atoms with E-state index in [9.17, 15) is 9.59 Å². The molecule has 9 heteroatoms. The van der Waals surface area contributed by atoms with Crippen molar-refractivity contribution in [3.05, 3.63) is 52.6 Å². The van der Waals surface area contributed by atoms with Crippen molar-refractivity contribution in [2.75, 3.05) is 6.61 Å². The molecule has 7 nitrogen and oxygen atoms in total. The zero-order chi connectivity index (χ0) is 21.7. The molecule has 0 fully saturated rings. The lowest BCUT2D eigenvalue weighted by Crippen LogP contribution is -2.26. The fourth-order valence-electron chi connectivity index (χ4n) is 2.52. The second-order valence-corrected chi connectivity index (χ2v) is 7.06. The van der Waals surface area contributed by atoms with E-state index in [0.29, 0.717) is 32.6 Å². The van der Waals surface area contributed by atoms with Crippen molar-refractivity contribution >= 4 is 46.0 Å². The van der Waals surface area contributed by atoms with Crippen LogP contribution in [0.4, 0.5) is 0 Å². The van der Waals surface area contributed by atoms with Crippen LogP contribution in [0.5, 0.6) is 17.4 Å². The molecule has 156 valence electrons. The minimum Gasteiger partial charge on any atom is -0.483 e. The van der Waals surface area contributed by atoms with Gasteiger partial charge in [0.2, 0.25) is 5.88 Å². The first-order valence-electron chi connectivity index (χ1n) is 9.10. The van der Waals surface area contributed by atoms with Crippen LogP contribution >= 0.6 is 23.2 Å². The molecule has 1 heterocycles. The lowest BCUT2D eigenvalue weighted by Gasteiger charge is -2.14. The molecule has 1 unspecified atom stereocenters. The van der Waals surface area contributed by atoms with Gasteiger partial charge in [0.1, 0.15) is 17.9 Å². The number of Topliss-reactive ketones (excluding diaryl/α,β-unsaturated/α-hetero) is 1. The van der Waals surface area contributed by atoms with Crippen LogP contribution in [0.2, 0.25) is 10.0 Å². The average molecular weight is 449 g/mol. The molecular formula is C21H18Cl2N2O5. The minimum absolute atomic E-state index is 0.227. The summed E-state index contributed by atoms with van der Waals surface area (Å²) in [4.78, 5) is 32.0. The fourth-order valence-corrected chi connectivity index (χ4v) is 2.83. The Bertz CT molecular complexity index is 1070. The molecule has 0 aliphatic heterocycles. The number of fused-ring (bicyclic) bond motifs is 1. The Balaban J connectivity index is 1.63. The predicted octanol–water partition coefficient (Wildman–Crippen LogP) is 5.02. The average Bonchev–Trinajstić information content (AvgIpc) is 2.70. The number of hydrogen-bond donors (Lipinski definition) is 0. The SMILES string of the molecule is CCOC(=O)CC(=O)C(C)Oc1ccc(Oc2cnc3cc(Cl)c(Cl)cc3n2)cc1. The Kier molecular flexibility index (Phi) is 7.07. The largest absolute Gasteiger partial charge is 0.483 e. The summed E-state index contributed by atoms with van der Waals surface area (Å²) in [5.74, 6) is 0.313. The maximum absolute atomic E-state index is 12.0. The van der Waals surface area contributed by atoms with Crippen LogP contribution in [0.25, 0.3) is 11.0 Å². The van der Waals surface area contributed by atoms with Gasteiger partial charge in [0.25, 0.3) is 0 Å². The van der Waals surface area contributed by atoms with Crippen molar-refractivity contribution in [2.45, 2.75) is 26.4 Å². The fraction of sp³-hybridized carbons (Fsp3) is 0.238. The molecule has 1 atom stereocenters. The van der Waals surface area contributed by atoms with Crippen LogP contribution in [-0.4, -0.2) is 34.4 Å². The van der Waals surface area contributed by atoms with Gasteiger partial charge in [-0.1, -0.05) is 23.2 Å². The highest BCUT2D eigenvalue weighted by molar-refractivity contribution is 6.42. The molecule has 1 aromatic heterocycles. The van der Waals surface area contributed by atoms with E-state index in [1.165, 1.54) is 6.20 Å². The molecule has 3 rings (SSSR count). The van der Waals surface area contributed by atoms with Crippen molar-refractivity contribution in [1.82, 2.24) is 9.97 Å². The number of benzene rings is 2. The summed E-state index contributed by atoms with van der Waals surface area (Å²) in [7, 11) is 0. The van der Waals surface area contributed by atoms with Crippen LogP contribution in [0.1, 0.15) is 20.3 Å². The number of ketones is 1. The first-order valence-corrected chi connectivity index (χ1v) is 9.86. The van der Waals surface area contributed by atoms with Gasteiger partial charge in [0.15, 0.2) is 11.9 Å². The Labute approximate surface area is 182 Å². The lowest BCUT2D eigenvalue weighted by molar-refractivity contribution is -0.146. The van der Waals surface area contributed by atoms with E-state index in [0.717, 1.165) is 0 Å². The van der Waals surface area contributed by atoms with Crippen LogP contribution in [0.3, 0.4) is 0 Å². The minimum atomic E-state index is -0.788. The second kappa shape index (κ2) is 9.73. The number of carbonyl (C=O) groups excluding carboxylic acids is 2. The molecule has 0 amide bonds. The highest BCUT2D eigenvalue weighted by atomic mass is 35.5. The van der Waals surface area contributed by atoms with Gasteiger partial charge in [-0.3, -0.25) is 9.59 Å². The van der Waals surface area contributed by atoms with Gasteiger partial charge in [-0.2, -0.15) is 0 Å². The zero-order valence-electron chi connectivity index (χ0n) is 16.2. The summed E-state index contributed by atoms with van der Waals surface area (Å²) in [6.45, 7) is 3.49. The van der Waals surface area contributed by atoms with Gasteiger partial charge < -0.3 is 14.2 Å². The third-order valence-corrected chi connectivity index (χ3v) is 4.72. The molecule has 30 heavy (non-hydrogen) atoms. The van der Waals surface area contributed by atoms with Crippen LogP contribution in [0.15, 0.2) is 42.6 Å². The van der Waals surface area contributed by atoms with Crippen molar-refractivity contribution in [3.8, 4) is 17.4 Å². The van der Waals surface area contributed by atoms with Gasteiger partial charge >= 0.3 is 5.97 Å². The third-order valence-electron chi connectivity index (χ3n) is 4.00. The van der Waals surface area contributed by atoms with Crippen molar-refractivity contribution in [3.63, 3.8) is 0 Å². The molecule has 0 saturated heterocycles. The monoisotopic (exact) mass is 448 g/mol. The summed E-state index contributed by atoms with van der Waals surface area (Å²) < 4.78 is 16.1. The number of aromatic nitrogens is 2. The van der Waals surface area contributed by atoms with E-state index >= 15 is 0 Å². The van der Waals surface area contributed by atoms with E-state index in [1.54, 1.807) is 50.2 Å². The zero-order valence-corrected chi connectivity index (χ0v) is 17.7. The summed E-state index contributed by atoms with van der Waals surface area (Å²) in [5.41, 5.74) is 1.15. The Hall–Kier alpha value is -2.90. The number of esters is 1. The van der Waals surface area contributed by atoms with E-state index in [1.807, 2.05) is 0 Å². The van der Waals surface area contributed by atoms with E-state index in [-0.39, 0.29) is 24.7 Å². The number of nitrogens with zero attached hydrogens (tertiary/aromatic N) is 2. The van der Waals surface area contributed by atoms with Crippen LogP contribution < -0.4 is 9.47 Å². The molecular weight excluding hydrogens is 431 g/mol. The number of halogens is 2. The van der Waals surface area contributed by atoms with Gasteiger partial charge in [-0.15, -0.1) is 0 Å². The van der Waals surface area contributed by atoms with Gasteiger partial charge in [0, 0.05) is 0 Å². The van der Waals surface area contributed by atoms with Crippen LogP contribution in [0, 0.1) is 0 Å². The van der Waals surface area contributed by atoms with Gasteiger partial charge in [0.05, 0.1) is 33.9 Å². The smallest absolute Gasteiger partial charge is 0.313 e. The molecule has 3 aromatic rings. The molecule has 0 N–H and O–H groups in total. The molecule has 0 saturated carbocycles. The Morgan fingerprint density at radius 1 is 1.03 bits per heavy atom. The highest BCUT2D eigenvalue weighted by Crippen LogP contribution is 2.28. The molecule has 0 aliphatic rings. The number of carbonyl (C=O) groups is 2. The predicted molar refractivity (Wildman–Crippen MR) is 112 cm³/mol. The van der Waals surface area contributed by atoms with E-state index in [4.69, 9.17) is 37.4 Å². The number of rotatable bonds is 8. The topological polar surface area (TPSA) is 87.6 Å². The summed E-state index contributed by atoms with van der Waals surface area (Å²) >= 11 is 12.0. The highest BCUT2D eigenvalue weighted by Gasteiger charge is 2.19. The van der Waals surface area contributed by atoms with Crippen molar-refractivity contribution in [2.24, 2.45) is 0 Å². The third kappa shape index (κ3) is 5.58. The first-order chi connectivity index (χ1) is 14.4. The van der Waals surface area contributed by atoms with Gasteiger partial charge in [-0.05, 0) is 50.2 Å². The van der Waals surface area contributed by atoms with Gasteiger partial charge in [-0.25, -0.2) is 9.97 Å². The summed E-state index contributed by atoms with van der Waals surface area (Å²) in [5, 5.41) is 0.779. The lowest BCUT2D eigenvalue weighted by atomic mass is 10.2.